The summed E-state index contributed by atoms with van der Waals surface area (Å²) < 4.78 is 13.7. The van der Waals surface area contributed by atoms with Crippen molar-refractivity contribution in [2.75, 3.05) is 13.1 Å². The molecule has 2 nitrogen and oxygen atoms in total. The quantitative estimate of drug-likeness (QED) is 0.894. The van der Waals surface area contributed by atoms with Gasteiger partial charge in [-0.2, -0.15) is 0 Å². The first-order valence-corrected chi connectivity index (χ1v) is 6.93. The summed E-state index contributed by atoms with van der Waals surface area (Å²) in [5, 5.41) is 0.600. The van der Waals surface area contributed by atoms with Crippen molar-refractivity contribution in [2.24, 2.45) is 17.6 Å². The molecule has 2 aliphatic rings. The number of nitrogens with two attached hydrogens (primary N) is 1. The van der Waals surface area contributed by atoms with E-state index in [0.717, 1.165) is 19.5 Å². The molecule has 18 heavy (non-hydrogen) atoms. The predicted octanol–water partition coefficient (Wildman–Crippen LogP) is 2.65. The van der Waals surface area contributed by atoms with Crippen LogP contribution in [0.5, 0.6) is 0 Å². The van der Waals surface area contributed by atoms with Gasteiger partial charge in [0.15, 0.2) is 0 Å². The smallest absolute Gasteiger partial charge is 0.127 e. The number of likely N-dealkylation sites (tertiary alicyclic amines) is 1. The Labute approximate surface area is 112 Å². The molecule has 0 bridgehead atoms. The summed E-state index contributed by atoms with van der Waals surface area (Å²) in [6, 6.07) is 5.10. The molecule has 0 radical (unpaired) electrons. The van der Waals surface area contributed by atoms with E-state index in [1.54, 1.807) is 12.1 Å². The molecule has 1 aromatic rings. The Hall–Kier alpha value is -0.640. The molecule has 2 fully saturated rings. The zero-order valence-electron chi connectivity index (χ0n) is 10.3. The summed E-state index contributed by atoms with van der Waals surface area (Å²) in [6.45, 7) is 2.69. The summed E-state index contributed by atoms with van der Waals surface area (Å²) in [5.74, 6) is 1.15. The lowest BCUT2D eigenvalue weighted by Crippen LogP contribution is -2.30. The highest BCUT2D eigenvalue weighted by atomic mass is 35.5. The lowest BCUT2D eigenvalue weighted by Gasteiger charge is -2.18. The average Bonchev–Trinajstić information content (AvgIpc) is 2.87. The van der Waals surface area contributed by atoms with Gasteiger partial charge in [-0.15, -0.1) is 0 Å². The van der Waals surface area contributed by atoms with E-state index >= 15 is 0 Å². The van der Waals surface area contributed by atoms with Crippen LogP contribution >= 0.6 is 11.6 Å². The van der Waals surface area contributed by atoms with E-state index in [2.05, 4.69) is 4.90 Å². The van der Waals surface area contributed by atoms with Crippen LogP contribution in [0.25, 0.3) is 0 Å². The largest absolute Gasteiger partial charge is 0.327 e. The van der Waals surface area contributed by atoms with Gasteiger partial charge in [0.2, 0.25) is 0 Å². The molecule has 3 atom stereocenters. The monoisotopic (exact) mass is 268 g/mol. The van der Waals surface area contributed by atoms with Gasteiger partial charge in [0.25, 0.3) is 0 Å². The minimum absolute atomic E-state index is 0.166. The molecule has 1 aliphatic heterocycles. The van der Waals surface area contributed by atoms with Crippen LogP contribution in [0.3, 0.4) is 0 Å². The van der Waals surface area contributed by atoms with E-state index < -0.39 is 0 Å². The van der Waals surface area contributed by atoms with Crippen LogP contribution in [0.1, 0.15) is 18.4 Å². The minimum atomic E-state index is -0.166. The molecule has 4 heteroatoms. The van der Waals surface area contributed by atoms with Crippen LogP contribution in [-0.4, -0.2) is 24.0 Å². The molecular formula is C14H18ClFN2. The zero-order valence-corrected chi connectivity index (χ0v) is 11.0. The van der Waals surface area contributed by atoms with Crippen LogP contribution in [-0.2, 0) is 6.54 Å². The van der Waals surface area contributed by atoms with Gasteiger partial charge in [-0.05, 0) is 42.9 Å². The molecule has 1 heterocycles. The van der Waals surface area contributed by atoms with Crippen molar-refractivity contribution in [1.82, 2.24) is 4.90 Å². The molecule has 0 spiro atoms. The van der Waals surface area contributed by atoms with Crippen LogP contribution in [0, 0.1) is 17.7 Å². The Morgan fingerprint density at radius 1 is 1.33 bits per heavy atom. The van der Waals surface area contributed by atoms with Crippen molar-refractivity contribution >= 4 is 11.6 Å². The third kappa shape index (κ3) is 2.27. The van der Waals surface area contributed by atoms with Crippen molar-refractivity contribution in [3.63, 3.8) is 0 Å². The number of halogens is 2. The lowest BCUT2D eigenvalue weighted by atomic mass is 9.98. The van der Waals surface area contributed by atoms with Crippen molar-refractivity contribution in [1.29, 1.82) is 0 Å². The number of hydrogen-bond donors (Lipinski definition) is 1. The van der Waals surface area contributed by atoms with Crippen molar-refractivity contribution < 1.29 is 4.39 Å². The first kappa shape index (κ1) is 12.4. The molecule has 98 valence electrons. The SMILES string of the molecule is NC1CCC2CN(Cc3cc(Cl)ccc3F)CC12. The third-order valence-corrected chi connectivity index (χ3v) is 4.62. The minimum Gasteiger partial charge on any atom is -0.327 e. The fraction of sp³-hybridized carbons (Fsp3) is 0.571. The predicted molar refractivity (Wildman–Crippen MR) is 70.9 cm³/mol. The van der Waals surface area contributed by atoms with E-state index in [1.165, 1.54) is 12.5 Å². The topological polar surface area (TPSA) is 29.3 Å². The third-order valence-electron chi connectivity index (χ3n) is 4.39. The summed E-state index contributed by atoms with van der Waals surface area (Å²) in [7, 11) is 0. The molecule has 3 rings (SSSR count). The normalized spacial score (nSPS) is 31.8. The summed E-state index contributed by atoms with van der Waals surface area (Å²) in [4.78, 5) is 2.31. The molecule has 0 amide bonds. The maximum atomic E-state index is 13.7. The van der Waals surface area contributed by atoms with Crippen molar-refractivity contribution in [3.8, 4) is 0 Å². The summed E-state index contributed by atoms with van der Waals surface area (Å²) in [5.41, 5.74) is 6.80. The maximum Gasteiger partial charge on any atom is 0.127 e. The second-order valence-electron chi connectivity index (χ2n) is 5.59. The van der Waals surface area contributed by atoms with Crippen molar-refractivity contribution in [2.45, 2.75) is 25.4 Å². The highest BCUT2D eigenvalue weighted by Crippen LogP contribution is 2.37. The van der Waals surface area contributed by atoms with Gasteiger partial charge < -0.3 is 5.73 Å². The molecule has 1 saturated heterocycles. The molecule has 2 N–H and O–H groups in total. The van der Waals surface area contributed by atoms with Gasteiger partial charge in [0.05, 0.1) is 0 Å². The number of benzene rings is 1. The lowest BCUT2D eigenvalue weighted by molar-refractivity contribution is 0.294. The fourth-order valence-corrected chi connectivity index (χ4v) is 3.63. The van der Waals surface area contributed by atoms with E-state index in [0.29, 0.717) is 35.0 Å². The number of fused-ring (bicyclic) bond motifs is 1. The second kappa shape index (κ2) is 4.80. The molecule has 1 aromatic carbocycles. The van der Waals surface area contributed by atoms with Crippen LogP contribution < -0.4 is 5.73 Å². The van der Waals surface area contributed by atoms with E-state index in [1.807, 2.05) is 0 Å². The molecule has 1 aliphatic carbocycles. The second-order valence-corrected chi connectivity index (χ2v) is 6.03. The highest BCUT2D eigenvalue weighted by Gasteiger charge is 2.40. The molecule has 3 unspecified atom stereocenters. The van der Waals surface area contributed by atoms with Gasteiger partial charge in [-0.3, -0.25) is 4.90 Å². The molecule has 0 aromatic heterocycles. The first-order valence-electron chi connectivity index (χ1n) is 6.55. The fourth-order valence-electron chi connectivity index (χ4n) is 3.43. The zero-order chi connectivity index (χ0) is 12.7. The number of nitrogens with zero attached hydrogens (tertiary/aromatic N) is 1. The summed E-state index contributed by atoms with van der Waals surface area (Å²) in [6.07, 6.45) is 2.37. The Bertz CT molecular complexity index is 451. The van der Waals surface area contributed by atoms with Crippen LogP contribution in [0.15, 0.2) is 18.2 Å². The van der Waals surface area contributed by atoms with E-state index in [4.69, 9.17) is 17.3 Å². The van der Waals surface area contributed by atoms with Crippen molar-refractivity contribution in [3.05, 3.63) is 34.6 Å². The van der Waals surface area contributed by atoms with E-state index in [-0.39, 0.29) is 5.82 Å². The highest BCUT2D eigenvalue weighted by molar-refractivity contribution is 6.30. The number of rotatable bonds is 2. The average molecular weight is 269 g/mol. The van der Waals surface area contributed by atoms with Gasteiger partial charge in [0, 0.05) is 36.3 Å². The molecular weight excluding hydrogens is 251 g/mol. The Kier molecular flexibility index (Phi) is 3.31. The van der Waals surface area contributed by atoms with Gasteiger partial charge in [0.1, 0.15) is 5.82 Å². The van der Waals surface area contributed by atoms with Gasteiger partial charge in [-0.1, -0.05) is 11.6 Å². The maximum absolute atomic E-state index is 13.7. The van der Waals surface area contributed by atoms with Crippen LogP contribution in [0.4, 0.5) is 4.39 Å². The Morgan fingerprint density at radius 3 is 2.94 bits per heavy atom. The first-order chi connectivity index (χ1) is 8.63. The van der Waals surface area contributed by atoms with E-state index in [9.17, 15) is 4.39 Å². The van der Waals surface area contributed by atoms with Gasteiger partial charge >= 0.3 is 0 Å². The summed E-state index contributed by atoms with van der Waals surface area (Å²) >= 11 is 5.92. The number of hydrogen-bond acceptors (Lipinski definition) is 2. The molecule has 1 saturated carbocycles. The van der Waals surface area contributed by atoms with Gasteiger partial charge in [-0.25, -0.2) is 4.39 Å². The Balaban J connectivity index is 1.69. The van der Waals surface area contributed by atoms with Crippen LogP contribution in [0.2, 0.25) is 5.02 Å². The standard InChI is InChI=1S/C14H18ClFN2/c15-11-2-3-13(16)10(5-11)7-18-6-9-1-4-14(17)12(9)8-18/h2-3,5,9,12,14H,1,4,6-8,17H2. The Morgan fingerprint density at radius 2 is 2.17 bits per heavy atom.